The van der Waals surface area contributed by atoms with Crippen molar-refractivity contribution in [1.82, 2.24) is 14.9 Å². The van der Waals surface area contributed by atoms with E-state index in [0.29, 0.717) is 37.0 Å². The summed E-state index contributed by atoms with van der Waals surface area (Å²) in [4.78, 5) is 23.4. The molecule has 0 radical (unpaired) electrons. The molecule has 1 atom stereocenters. The van der Waals surface area contributed by atoms with Crippen LogP contribution in [0.4, 0.5) is 30.5 Å². The zero-order valence-electron chi connectivity index (χ0n) is 15.2. The summed E-state index contributed by atoms with van der Waals surface area (Å²) in [5.41, 5.74) is -0.207. The number of carbonyl (C=O) groups excluding carboxylic acids is 1. The van der Waals surface area contributed by atoms with Crippen LogP contribution in [0.5, 0.6) is 0 Å². The van der Waals surface area contributed by atoms with E-state index < -0.39 is 11.7 Å². The topological polar surface area (TPSA) is 61.4 Å². The number of hydrogen-bond acceptors (Lipinski definition) is 6. The zero-order valence-corrected chi connectivity index (χ0v) is 15.2. The summed E-state index contributed by atoms with van der Waals surface area (Å²) in [5.74, 6) is 1.11. The van der Waals surface area contributed by atoms with Crippen LogP contribution in [0.15, 0.2) is 48.9 Å². The highest BCUT2D eigenvalue weighted by atomic mass is 19.4. The Morgan fingerprint density at radius 3 is 2.50 bits per heavy atom. The number of aldehydes is 1. The van der Waals surface area contributed by atoms with Crippen molar-refractivity contribution in [2.24, 2.45) is 0 Å². The standard InChI is InChI=1S/C19H20F3N5O/c1-14-13-27(11-10-26(14)9-2-12-28)18-17(23-7-8-24-18)25-16-5-3-15(4-6-16)19(20,21)22/h2-9,12,14H,10-11,13H2,1H3,(H,23,25)/t14-/m1/s1. The van der Waals surface area contributed by atoms with Gasteiger partial charge in [-0.1, -0.05) is 0 Å². The molecule has 148 valence electrons. The molecule has 1 aromatic heterocycles. The molecule has 0 amide bonds. The summed E-state index contributed by atoms with van der Waals surface area (Å²) in [6.07, 6.45) is 2.72. The Morgan fingerprint density at radius 1 is 1.14 bits per heavy atom. The predicted octanol–water partition coefficient (Wildman–Crippen LogP) is 3.46. The van der Waals surface area contributed by atoms with Crippen LogP contribution in [0.1, 0.15) is 12.5 Å². The summed E-state index contributed by atoms with van der Waals surface area (Å²) in [6.45, 7) is 4.10. The van der Waals surface area contributed by atoms with Gasteiger partial charge in [-0.05, 0) is 37.3 Å². The Morgan fingerprint density at radius 2 is 1.86 bits per heavy atom. The third-order valence-corrected chi connectivity index (χ3v) is 4.49. The first-order chi connectivity index (χ1) is 13.4. The minimum atomic E-state index is -4.37. The second kappa shape index (κ2) is 8.28. The van der Waals surface area contributed by atoms with Gasteiger partial charge in [-0.15, -0.1) is 0 Å². The quantitative estimate of drug-likeness (QED) is 0.622. The van der Waals surface area contributed by atoms with E-state index in [1.807, 2.05) is 6.92 Å². The van der Waals surface area contributed by atoms with Gasteiger partial charge in [-0.3, -0.25) is 4.79 Å². The van der Waals surface area contributed by atoms with Crippen LogP contribution in [-0.2, 0) is 11.0 Å². The van der Waals surface area contributed by atoms with Gasteiger partial charge in [0.25, 0.3) is 0 Å². The van der Waals surface area contributed by atoms with Gasteiger partial charge in [0, 0.05) is 50.0 Å². The van der Waals surface area contributed by atoms with E-state index in [2.05, 4.69) is 25.1 Å². The first-order valence-corrected chi connectivity index (χ1v) is 8.76. The van der Waals surface area contributed by atoms with Gasteiger partial charge in [0.15, 0.2) is 11.6 Å². The van der Waals surface area contributed by atoms with E-state index in [-0.39, 0.29) is 6.04 Å². The molecule has 6 nitrogen and oxygen atoms in total. The van der Waals surface area contributed by atoms with Gasteiger partial charge in [0.2, 0.25) is 0 Å². The van der Waals surface area contributed by atoms with Crippen LogP contribution in [-0.4, -0.2) is 46.8 Å². The molecule has 1 N–H and O–H groups in total. The molecule has 2 aromatic rings. The number of anilines is 3. The first kappa shape index (κ1) is 19.7. The van der Waals surface area contributed by atoms with Gasteiger partial charge in [-0.2, -0.15) is 13.2 Å². The van der Waals surface area contributed by atoms with Crippen LogP contribution in [0, 0.1) is 0 Å². The lowest BCUT2D eigenvalue weighted by molar-refractivity contribution is -0.137. The average Bonchev–Trinajstić information content (AvgIpc) is 2.67. The Kier molecular flexibility index (Phi) is 5.81. The maximum absolute atomic E-state index is 12.7. The van der Waals surface area contributed by atoms with Gasteiger partial charge in [0.05, 0.1) is 5.56 Å². The molecular formula is C19H20F3N5O. The Hall–Kier alpha value is -3.10. The highest BCUT2D eigenvalue weighted by molar-refractivity contribution is 5.68. The summed E-state index contributed by atoms with van der Waals surface area (Å²) in [7, 11) is 0. The van der Waals surface area contributed by atoms with Crippen LogP contribution >= 0.6 is 0 Å². The molecule has 1 aliphatic heterocycles. The average molecular weight is 391 g/mol. The second-order valence-electron chi connectivity index (χ2n) is 6.44. The van der Waals surface area contributed by atoms with Crippen molar-refractivity contribution < 1.29 is 18.0 Å². The number of nitrogens with zero attached hydrogens (tertiary/aromatic N) is 4. The van der Waals surface area contributed by atoms with Crippen molar-refractivity contribution in [3.63, 3.8) is 0 Å². The molecule has 0 unspecified atom stereocenters. The lowest BCUT2D eigenvalue weighted by atomic mass is 10.2. The Labute approximate surface area is 160 Å². The van der Waals surface area contributed by atoms with Crippen LogP contribution in [0.3, 0.4) is 0 Å². The van der Waals surface area contributed by atoms with Gasteiger partial charge in [-0.25, -0.2) is 9.97 Å². The van der Waals surface area contributed by atoms with E-state index in [9.17, 15) is 18.0 Å². The Bertz CT molecular complexity index is 838. The minimum Gasteiger partial charge on any atom is -0.371 e. The van der Waals surface area contributed by atoms with Crippen LogP contribution < -0.4 is 10.2 Å². The molecule has 1 fully saturated rings. The molecule has 3 rings (SSSR count). The number of aromatic nitrogens is 2. The molecule has 1 aromatic carbocycles. The lowest BCUT2D eigenvalue weighted by Gasteiger charge is -2.40. The number of nitrogens with one attached hydrogen (secondary N) is 1. The fourth-order valence-corrected chi connectivity index (χ4v) is 3.06. The van der Waals surface area contributed by atoms with Crippen molar-refractivity contribution >= 4 is 23.6 Å². The van der Waals surface area contributed by atoms with E-state index >= 15 is 0 Å². The Balaban J connectivity index is 1.75. The maximum atomic E-state index is 12.7. The lowest BCUT2D eigenvalue weighted by Crippen LogP contribution is -2.50. The van der Waals surface area contributed by atoms with Crippen molar-refractivity contribution in [3.05, 3.63) is 54.5 Å². The van der Waals surface area contributed by atoms with Crippen molar-refractivity contribution in [2.75, 3.05) is 29.9 Å². The SMILES string of the molecule is C[C@@H]1CN(c2nccnc2Nc2ccc(C(F)(F)F)cc2)CCN1C=CC=O. The molecule has 2 heterocycles. The molecule has 1 aliphatic rings. The number of rotatable bonds is 5. The molecule has 28 heavy (non-hydrogen) atoms. The normalized spacial score (nSPS) is 17.8. The monoisotopic (exact) mass is 391 g/mol. The fourth-order valence-electron chi connectivity index (χ4n) is 3.06. The maximum Gasteiger partial charge on any atom is 0.416 e. The molecule has 1 saturated heterocycles. The van der Waals surface area contributed by atoms with Gasteiger partial charge >= 0.3 is 6.18 Å². The molecule has 0 bridgehead atoms. The number of piperazine rings is 1. The molecule has 0 spiro atoms. The molecule has 9 heteroatoms. The number of hydrogen-bond donors (Lipinski definition) is 1. The summed E-state index contributed by atoms with van der Waals surface area (Å²) in [6, 6.07) is 4.95. The second-order valence-corrected chi connectivity index (χ2v) is 6.44. The third-order valence-electron chi connectivity index (χ3n) is 4.49. The molecule has 0 saturated carbocycles. The minimum absolute atomic E-state index is 0.158. The molecular weight excluding hydrogens is 371 g/mol. The number of halogens is 3. The number of alkyl halides is 3. The summed E-state index contributed by atoms with van der Waals surface area (Å²) in [5, 5.41) is 3.05. The highest BCUT2D eigenvalue weighted by Crippen LogP contribution is 2.31. The summed E-state index contributed by atoms with van der Waals surface area (Å²) < 4.78 is 38.2. The van der Waals surface area contributed by atoms with E-state index in [4.69, 9.17) is 0 Å². The van der Waals surface area contributed by atoms with Crippen molar-refractivity contribution in [2.45, 2.75) is 19.1 Å². The van der Waals surface area contributed by atoms with Crippen LogP contribution in [0.25, 0.3) is 0 Å². The largest absolute Gasteiger partial charge is 0.416 e. The predicted molar refractivity (Wildman–Crippen MR) is 100 cm³/mol. The smallest absolute Gasteiger partial charge is 0.371 e. The summed E-state index contributed by atoms with van der Waals surface area (Å²) >= 11 is 0. The number of benzene rings is 1. The van der Waals surface area contributed by atoms with Crippen LogP contribution in [0.2, 0.25) is 0 Å². The van der Waals surface area contributed by atoms with Gasteiger partial charge < -0.3 is 15.1 Å². The van der Waals surface area contributed by atoms with E-state index in [0.717, 1.165) is 18.4 Å². The van der Waals surface area contributed by atoms with Crippen molar-refractivity contribution in [3.8, 4) is 0 Å². The van der Waals surface area contributed by atoms with Gasteiger partial charge in [0.1, 0.15) is 6.29 Å². The van der Waals surface area contributed by atoms with Crippen molar-refractivity contribution in [1.29, 1.82) is 0 Å². The molecule has 0 aliphatic carbocycles. The van der Waals surface area contributed by atoms with E-state index in [1.165, 1.54) is 24.4 Å². The number of carbonyl (C=O) groups is 1. The highest BCUT2D eigenvalue weighted by Gasteiger charge is 2.30. The number of allylic oxidation sites excluding steroid dienone is 1. The first-order valence-electron chi connectivity index (χ1n) is 8.76. The van der Waals surface area contributed by atoms with E-state index in [1.54, 1.807) is 12.4 Å². The zero-order chi connectivity index (χ0) is 20.1. The fraction of sp³-hybridized carbons (Fsp3) is 0.316. The third kappa shape index (κ3) is 4.59.